The number of carbonyl (C=O) groups is 1. The monoisotopic (exact) mass is 218 g/mol. The number of amides is 1. The number of rotatable bonds is 10. The first-order valence-corrected chi connectivity index (χ1v) is 5.36. The fourth-order valence-corrected chi connectivity index (χ4v) is 1.17. The Morgan fingerprint density at radius 1 is 1.13 bits per heavy atom. The largest absolute Gasteiger partial charge is 0.380 e. The summed E-state index contributed by atoms with van der Waals surface area (Å²) in [5.41, 5.74) is 5.14. The van der Waals surface area contributed by atoms with Gasteiger partial charge in [-0.1, -0.05) is 0 Å². The van der Waals surface area contributed by atoms with Crippen LogP contribution in [-0.2, 0) is 14.3 Å². The average Bonchev–Trinajstić information content (AvgIpc) is 2.17. The van der Waals surface area contributed by atoms with Crippen LogP contribution in [-0.4, -0.2) is 56.9 Å². The molecule has 0 saturated carbocycles. The molecule has 5 nitrogen and oxygen atoms in total. The molecule has 0 spiro atoms. The van der Waals surface area contributed by atoms with Gasteiger partial charge in [0.15, 0.2) is 0 Å². The molecule has 0 fully saturated rings. The van der Waals surface area contributed by atoms with Crippen molar-refractivity contribution >= 4 is 5.91 Å². The molecule has 0 aromatic carbocycles. The Morgan fingerprint density at radius 2 is 1.60 bits per heavy atom. The molecular weight excluding hydrogens is 196 g/mol. The van der Waals surface area contributed by atoms with Gasteiger partial charge < -0.3 is 15.2 Å². The van der Waals surface area contributed by atoms with E-state index < -0.39 is 0 Å². The minimum atomic E-state index is -0.317. The highest BCUT2D eigenvalue weighted by atomic mass is 16.5. The third-order valence-electron chi connectivity index (χ3n) is 1.89. The van der Waals surface area contributed by atoms with Crippen LogP contribution >= 0.6 is 0 Å². The third-order valence-corrected chi connectivity index (χ3v) is 1.89. The summed E-state index contributed by atoms with van der Waals surface area (Å²) in [7, 11) is 0. The van der Waals surface area contributed by atoms with Crippen molar-refractivity contribution in [3.05, 3.63) is 0 Å². The van der Waals surface area contributed by atoms with E-state index in [1.54, 1.807) is 0 Å². The van der Waals surface area contributed by atoms with Crippen molar-refractivity contribution in [1.29, 1.82) is 0 Å². The molecule has 90 valence electrons. The first-order chi connectivity index (χ1) is 7.20. The van der Waals surface area contributed by atoms with Crippen molar-refractivity contribution < 1.29 is 14.3 Å². The van der Waals surface area contributed by atoms with Crippen molar-refractivity contribution in [3.8, 4) is 0 Å². The highest BCUT2D eigenvalue weighted by Gasteiger charge is 2.07. The lowest BCUT2D eigenvalue weighted by atomic mass is 10.4. The topological polar surface area (TPSA) is 64.8 Å². The maximum atomic E-state index is 10.8. The highest BCUT2D eigenvalue weighted by Crippen LogP contribution is 1.89. The summed E-state index contributed by atoms with van der Waals surface area (Å²) < 4.78 is 10.4. The Morgan fingerprint density at radius 3 is 1.93 bits per heavy atom. The Hall–Kier alpha value is -0.650. The normalized spacial score (nSPS) is 10.9. The van der Waals surface area contributed by atoms with E-state index >= 15 is 0 Å². The predicted octanol–water partition coefficient (Wildman–Crippen LogP) is -0.153. The molecule has 0 saturated heterocycles. The molecule has 0 radical (unpaired) electrons. The predicted molar refractivity (Wildman–Crippen MR) is 58.6 cm³/mol. The van der Waals surface area contributed by atoms with Crippen LogP contribution in [0, 0.1) is 0 Å². The summed E-state index contributed by atoms with van der Waals surface area (Å²) in [5, 5.41) is 0. The van der Waals surface area contributed by atoms with Gasteiger partial charge in [-0.15, -0.1) is 0 Å². The van der Waals surface area contributed by atoms with Gasteiger partial charge >= 0.3 is 0 Å². The standard InChI is InChI=1S/C10H22N2O3/c1-3-14-7-5-12(9-10(11)13)6-8-15-4-2/h3-9H2,1-2H3,(H2,11,13). The van der Waals surface area contributed by atoms with E-state index in [1.165, 1.54) is 0 Å². The van der Waals surface area contributed by atoms with Gasteiger partial charge in [0, 0.05) is 26.3 Å². The van der Waals surface area contributed by atoms with Gasteiger partial charge in [0.2, 0.25) is 5.91 Å². The molecule has 5 heteroatoms. The summed E-state index contributed by atoms with van der Waals surface area (Å²) in [6.07, 6.45) is 0. The van der Waals surface area contributed by atoms with Gasteiger partial charge in [0.05, 0.1) is 19.8 Å². The van der Waals surface area contributed by atoms with Crippen molar-refractivity contribution in [3.63, 3.8) is 0 Å². The van der Waals surface area contributed by atoms with Gasteiger partial charge in [0.1, 0.15) is 0 Å². The Balaban J connectivity index is 3.68. The lowest BCUT2D eigenvalue weighted by Crippen LogP contribution is -2.38. The van der Waals surface area contributed by atoms with Crippen LogP contribution in [0.2, 0.25) is 0 Å². The second-order valence-electron chi connectivity index (χ2n) is 3.14. The number of ether oxygens (including phenoxy) is 2. The molecule has 0 aliphatic heterocycles. The summed E-state index contributed by atoms with van der Waals surface area (Å²) >= 11 is 0. The van der Waals surface area contributed by atoms with Gasteiger partial charge in [-0.05, 0) is 13.8 Å². The van der Waals surface area contributed by atoms with Crippen molar-refractivity contribution in [2.45, 2.75) is 13.8 Å². The van der Waals surface area contributed by atoms with Crippen LogP contribution in [0.1, 0.15) is 13.8 Å². The molecule has 0 bridgehead atoms. The molecular formula is C10H22N2O3. The number of hydrogen-bond donors (Lipinski definition) is 1. The van der Waals surface area contributed by atoms with Crippen molar-refractivity contribution in [2.75, 3.05) is 46.1 Å². The minimum absolute atomic E-state index is 0.264. The van der Waals surface area contributed by atoms with E-state index in [1.807, 2.05) is 18.7 Å². The summed E-state index contributed by atoms with van der Waals surface area (Å²) in [6.45, 7) is 8.20. The first kappa shape index (κ1) is 14.3. The molecule has 0 rings (SSSR count). The van der Waals surface area contributed by atoms with E-state index in [4.69, 9.17) is 15.2 Å². The molecule has 0 aliphatic rings. The Kier molecular flexibility index (Phi) is 9.46. The summed E-state index contributed by atoms with van der Waals surface area (Å²) in [5.74, 6) is -0.317. The first-order valence-electron chi connectivity index (χ1n) is 5.36. The van der Waals surface area contributed by atoms with Crippen LogP contribution in [0.25, 0.3) is 0 Å². The molecule has 0 unspecified atom stereocenters. The maximum absolute atomic E-state index is 10.8. The van der Waals surface area contributed by atoms with Crippen LogP contribution in [0.5, 0.6) is 0 Å². The van der Waals surface area contributed by atoms with Crippen molar-refractivity contribution in [1.82, 2.24) is 4.90 Å². The Bertz CT molecular complexity index is 155. The zero-order valence-electron chi connectivity index (χ0n) is 9.70. The lowest BCUT2D eigenvalue weighted by Gasteiger charge is -2.20. The molecule has 0 aliphatic carbocycles. The molecule has 0 atom stereocenters. The van der Waals surface area contributed by atoms with Crippen LogP contribution in [0.15, 0.2) is 0 Å². The van der Waals surface area contributed by atoms with Gasteiger partial charge in [-0.25, -0.2) is 0 Å². The van der Waals surface area contributed by atoms with Gasteiger partial charge in [-0.2, -0.15) is 0 Å². The summed E-state index contributed by atoms with van der Waals surface area (Å²) in [4.78, 5) is 12.7. The smallest absolute Gasteiger partial charge is 0.231 e. The van der Waals surface area contributed by atoms with Crippen LogP contribution < -0.4 is 5.73 Å². The SMILES string of the molecule is CCOCCN(CCOCC)CC(N)=O. The number of primary amides is 1. The number of carbonyl (C=O) groups excluding carboxylic acids is 1. The van der Waals surface area contributed by atoms with E-state index in [9.17, 15) is 4.79 Å². The number of hydrogen-bond acceptors (Lipinski definition) is 4. The number of nitrogens with zero attached hydrogens (tertiary/aromatic N) is 1. The lowest BCUT2D eigenvalue weighted by molar-refractivity contribution is -0.119. The van der Waals surface area contributed by atoms with E-state index in [2.05, 4.69) is 0 Å². The maximum Gasteiger partial charge on any atom is 0.231 e. The second kappa shape index (κ2) is 9.89. The van der Waals surface area contributed by atoms with E-state index in [0.29, 0.717) is 39.5 Å². The van der Waals surface area contributed by atoms with E-state index in [-0.39, 0.29) is 12.5 Å². The molecule has 2 N–H and O–H groups in total. The van der Waals surface area contributed by atoms with Gasteiger partial charge in [-0.3, -0.25) is 9.69 Å². The molecule has 15 heavy (non-hydrogen) atoms. The second-order valence-corrected chi connectivity index (χ2v) is 3.14. The molecule has 1 amide bonds. The zero-order valence-corrected chi connectivity index (χ0v) is 9.70. The molecule has 0 aromatic rings. The van der Waals surface area contributed by atoms with Crippen molar-refractivity contribution in [2.24, 2.45) is 5.73 Å². The summed E-state index contributed by atoms with van der Waals surface area (Å²) in [6, 6.07) is 0. The van der Waals surface area contributed by atoms with Crippen LogP contribution in [0.4, 0.5) is 0 Å². The van der Waals surface area contributed by atoms with E-state index in [0.717, 1.165) is 0 Å². The van der Waals surface area contributed by atoms with Gasteiger partial charge in [0.25, 0.3) is 0 Å². The zero-order chi connectivity index (χ0) is 11.5. The fraction of sp³-hybridized carbons (Fsp3) is 0.900. The Labute approximate surface area is 91.5 Å². The quantitative estimate of drug-likeness (QED) is 0.518. The van der Waals surface area contributed by atoms with Crippen LogP contribution in [0.3, 0.4) is 0 Å². The average molecular weight is 218 g/mol. The molecule has 0 aromatic heterocycles. The molecule has 0 heterocycles. The fourth-order valence-electron chi connectivity index (χ4n) is 1.17. The third kappa shape index (κ3) is 9.65. The number of nitrogens with two attached hydrogens (primary N) is 1. The highest BCUT2D eigenvalue weighted by molar-refractivity contribution is 5.75. The minimum Gasteiger partial charge on any atom is -0.380 e.